The molecule has 4 saturated carbocycles. The van der Waals surface area contributed by atoms with Crippen molar-refractivity contribution in [2.75, 3.05) is 20.2 Å². The van der Waals surface area contributed by atoms with Gasteiger partial charge in [0.25, 0.3) is 0 Å². The lowest BCUT2D eigenvalue weighted by Crippen LogP contribution is -2.61. The summed E-state index contributed by atoms with van der Waals surface area (Å²) < 4.78 is 23.7. The normalized spacial score (nSPS) is 55.5. The minimum atomic E-state index is -0.835. The summed E-state index contributed by atoms with van der Waals surface area (Å²) in [5, 5.41) is 0. The monoisotopic (exact) mass is 390 g/mol. The second-order valence-electron chi connectivity index (χ2n) is 10.3. The lowest BCUT2D eigenvalue weighted by molar-refractivity contribution is -0.226. The molecule has 4 aliphatic carbocycles. The van der Waals surface area contributed by atoms with Gasteiger partial charge in [-0.15, -0.1) is 0 Å². The number of carbonyl (C=O) groups is 2. The first-order chi connectivity index (χ1) is 13.5. The molecule has 2 heterocycles. The molecule has 154 valence electrons. The minimum absolute atomic E-state index is 0.00762. The highest BCUT2D eigenvalue weighted by atomic mass is 16.9. The maximum atomic E-state index is 13.6. The van der Waals surface area contributed by atoms with Gasteiger partial charge in [-0.1, -0.05) is 6.92 Å². The van der Waals surface area contributed by atoms with Gasteiger partial charge in [0.2, 0.25) is 5.79 Å². The van der Waals surface area contributed by atoms with E-state index in [-0.39, 0.29) is 30.8 Å². The van der Waals surface area contributed by atoms with E-state index in [9.17, 15) is 9.59 Å². The molecule has 6 aliphatic rings. The molecule has 28 heavy (non-hydrogen) atoms. The quantitative estimate of drug-likeness (QED) is 0.633. The van der Waals surface area contributed by atoms with E-state index in [1.807, 2.05) is 0 Å². The van der Waals surface area contributed by atoms with Crippen molar-refractivity contribution in [3.63, 3.8) is 0 Å². The predicted octanol–water partition coefficient (Wildman–Crippen LogP) is 2.83. The molecule has 8 atom stereocenters. The molecule has 6 heteroatoms. The average molecular weight is 390 g/mol. The zero-order valence-electron chi connectivity index (χ0n) is 16.6. The van der Waals surface area contributed by atoms with Crippen LogP contribution in [0.5, 0.6) is 0 Å². The summed E-state index contributed by atoms with van der Waals surface area (Å²) in [6.45, 7) is 3.14. The molecule has 2 spiro atoms. The fourth-order valence-corrected chi connectivity index (χ4v) is 8.26. The van der Waals surface area contributed by atoms with Gasteiger partial charge in [0.1, 0.15) is 23.8 Å². The van der Waals surface area contributed by atoms with Crippen LogP contribution >= 0.6 is 0 Å². The molecule has 8 unspecified atom stereocenters. The van der Waals surface area contributed by atoms with Crippen LogP contribution < -0.4 is 0 Å². The molecule has 0 radical (unpaired) electrons. The summed E-state index contributed by atoms with van der Waals surface area (Å²) in [5.74, 6) is 1.46. The van der Waals surface area contributed by atoms with Crippen molar-refractivity contribution < 1.29 is 28.5 Å². The highest BCUT2D eigenvalue weighted by Gasteiger charge is 2.72. The number of hydrogen-bond acceptors (Lipinski definition) is 6. The third kappa shape index (κ3) is 2.08. The second-order valence-corrected chi connectivity index (χ2v) is 10.3. The number of hydrogen-bond donors (Lipinski definition) is 0. The highest BCUT2D eigenvalue weighted by molar-refractivity contribution is 5.85. The second kappa shape index (κ2) is 5.87. The van der Waals surface area contributed by atoms with Gasteiger partial charge < -0.3 is 18.9 Å². The van der Waals surface area contributed by atoms with Crippen LogP contribution in [0.3, 0.4) is 0 Å². The zero-order valence-corrected chi connectivity index (χ0v) is 16.6. The van der Waals surface area contributed by atoms with E-state index < -0.39 is 11.4 Å². The Labute approximate surface area is 165 Å². The fourth-order valence-electron chi connectivity index (χ4n) is 8.26. The van der Waals surface area contributed by atoms with Gasteiger partial charge in [0.15, 0.2) is 13.6 Å². The summed E-state index contributed by atoms with van der Waals surface area (Å²) in [6, 6.07) is 0. The Morgan fingerprint density at radius 1 is 0.929 bits per heavy atom. The SMILES string of the molecule is CC12CCC(=O)CC1CCC1C3CCC4(OCOC45COCO5)C3CC(=O)C12. The number of ketones is 2. The number of rotatable bonds is 0. The van der Waals surface area contributed by atoms with Gasteiger partial charge >= 0.3 is 0 Å². The standard InChI is InChI=1S/C22H30O6/c1-20-6-4-14(23)8-13(20)2-3-16-15-5-7-21(17(15)9-18(24)19(16)20)22(28-12-26-21)10-25-11-27-22/h13,15-17,19H,2-12H2,1H3. The largest absolute Gasteiger partial charge is 0.350 e. The van der Waals surface area contributed by atoms with Gasteiger partial charge in [-0.25, -0.2) is 0 Å². The van der Waals surface area contributed by atoms with E-state index in [1.165, 1.54) is 0 Å². The number of ether oxygens (including phenoxy) is 4. The lowest BCUT2D eigenvalue weighted by Gasteiger charge is -2.57. The van der Waals surface area contributed by atoms with E-state index >= 15 is 0 Å². The summed E-state index contributed by atoms with van der Waals surface area (Å²) in [7, 11) is 0. The molecule has 6 fully saturated rings. The summed E-state index contributed by atoms with van der Waals surface area (Å²) >= 11 is 0. The van der Waals surface area contributed by atoms with Crippen LogP contribution in [0.2, 0.25) is 0 Å². The third-order valence-corrected chi connectivity index (χ3v) is 9.54. The van der Waals surface area contributed by atoms with Crippen LogP contribution in [0, 0.1) is 35.0 Å². The smallest absolute Gasteiger partial charge is 0.226 e. The maximum absolute atomic E-state index is 13.6. The molecular weight excluding hydrogens is 360 g/mol. The molecule has 0 N–H and O–H groups in total. The van der Waals surface area contributed by atoms with Crippen molar-refractivity contribution in [3.05, 3.63) is 0 Å². The maximum Gasteiger partial charge on any atom is 0.226 e. The van der Waals surface area contributed by atoms with Crippen molar-refractivity contribution in [3.8, 4) is 0 Å². The minimum Gasteiger partial charge on any atom is -0.350 e. The predicted molar refractivity (Wildman–Crippen MR) is 96.9 cm³/mol. The number of fused-ring (bicyclic) bond motifs is 7. The third-order valence-electron chi connectivity index (χ3n) is 9.54. The molecule has 0 aromatic rings. The molecule has 2 saturated heterocycles. The van der Waals surface area contributed by atoms with Gasteiger partial charge in [-0.05, 0) is 55.3 Å². The van der Waals surface area contributed by atoms with E-state index in [4.69, 9.17) is 18.9 Å². The van der Waals surface area contributed by atoms with Crippen molar-refractivity contribution >= 4 is 11.6 Å². The summed E-state index contributed by atoms with van der Waals surface area (Å²) in [4.78, 5) is 25.7. The topological polar surface area (TPSA) is 71.1 Å². The van der Waals surface area contributed by atoms with Crippen LogP contribution in [0.4, 0.5) is 0 Å². The van der Waals surface area contributed by atoms with Crippen LogP contribution in [0.1, 0.15) is 58.3 Å². The Morgan fingerprint density at radius 3 is 2.61 bits per heavy atom. The lowest BCUT2D eigenvalue weighted by atomic mass is 9.46. The van der Waals surface area contributed by atoms with E-state index in [0.717, 1.165) is 32.1 Å². The molecule has 6 rings (SSSR count). The van der Waals surface area contributed by atoms with Crippen LogP contribution in [-0.4, -0.2) is 43.1 Å². The van der Waals surface area contributed by atoms with Crippen LogP contribution in [0.25, 0.3) is 0 Å². The molecule has 0 aromatic carbocycles. The van der Waals surface area contributed by atoms with Crippen molar-refractivity contribution in [2.45, 2.75) is 69.7 Å². The Morgan fingerprint density at radius 2 is 1.79 bits per heavy atom. The molecule has 0 bridgehead atoms. The van der Waals surface area contributed by atoms with Gasteiger partial charge in [-0.3, -0.25) is 9.59 Å². The highest BCUT2D eigenvalue weighted by Crippen LogP contribution is 2.66. The van der Waals surface area contributed by atoms with Gasteiger partial charge in [0.05, 0.1) is 0 Å². The van der Waals surface area contributed by atoms with Crippen molar-refractivity contribution in [1.82, 2.24) is 0 Å². The van der Waals surface area contributed by atoms with E-state index in [0.29, 0.717) is 55.2 Å². The molecule has 0 aromatic heterocycles. The average Bonchev–Trinajstić information content (AvgIpc) is 3.38. The van der Waals surface area contributed by atoms with Crippen molar-refractivity contribution in [1.29, 1.82) is 0 Å². The molecule has 6 nitrogen and oxygen atoms in total. The summed E-state index contributed by atoms with van der Waals surface area (Å²) in [6.07, 6.45) is 6.83. The fraction of sp³-hybridized carbons (Fsp3) is 0.909. The van der Waals surface area contributed by atoms with Crippen LogP contribution in [-0.2, 0) is 28.5 Å². The Hall–Kier alpha value is -0.820. The first-order valence-electron chi connectivity index (χ1n) is 11.0. The van der Waals surface area contributed by atoms with Gasteiger partial charge in [-0.2, -0.15) is 0 Å². The van der Waals surface area contributed by atoms with Gasteiger partial charge in [0, 0.05) is 31.1 Å². The first-order valence-corrected chi connectivity index (χ1v) is 11.0. The van der Waals surface area contributed by atoms with Crippen LogP contribution in [0.15, 0.2) is 0 Å². The molecule has 0 amide bonds. The van der Waals surface area contributed by atoms with Crippen molar-refractivity contribution in [2.24, 2.45) is 35.0 Å². The zero-order chi connectivity index (χ0) is 19.1. The number of carbonyl (C=O) groups excluding carboxylic acids is 2. The molecular formula is C22H30O6. The Kier molecular flexibility index (Phi) is 3.77. The van der Waals surface area contributed by atoms with E-state index in [1.54, 1.807) is 0 Å². The molecule has 2 aliphatic heterocycles. The van der Waals surface area contributed by atoms with E-state index in [2.05, 4.69) is 6.92 Å². The first kappa shape index (κ1) is 18.0. The number of Topliss-reactive ketones (excluding diaryl/α,β-unsaturated/α-hetero) is 2. The summed E-state index contributed by atoms with van der Waals surface area (Å²) in [5.41, 5.74) is -0.554. The Balaban J connectivity index is 1.35. The Bertz CT molecular complexity index is 708.